The van der Waals surface area contributed by atoms with Crippen LogP contribution in [0.5, 0.6) is 0 Å². The van der Waals surface area contributed by atoms with E-state index in [1.165, 1.54) is 37.2 Å². The van der Waals surface area contributed by atoms with Crippen LogP contribution in [-0.4, -0.2) is 61.7 Å². The number of amides is 2. The van der Waals surface area contributed by atoms with Crippen LogP contribution in [-0.2, 0) is 32.8 Å². The van der Waals surface area contributed by atoms with Crippen LogP contribution >= 0.6 is 11.6 Å². The summed E-state index contributed by atoms with van der Waals surface area (Å²) in [6.07, 6.45) is 0.162. The molecular weight excluding hydrogens is 567 g/mol. The molecule has 0 radical (unpaired) electrons. The summed E-state index contributed by atoms with van der Waals surface area (Å²) in [4.78, 5) is 29.2. The number of rotatable bonds is 11. The summed E-state index contributed by atoms with van der Waals surface area (Å²) in [6, 6.07) is 20.4. The minimum absolute atomic E-state index is 0.0401. The lowest BCUT2D eigenvalue weighted by atomic mass is 10.0. The van der Waals surface area contributed by atoms with Crippen LogP contribution in [0.1, 0.15) is 31.9 Å². The Morgan fingerprint density at radius 1 is 0.927 bits per heavy atom. The van der Waals surface area contributed by atoms with Crippen molar-refractivity contribution in [2.24, 2.45) is 0 Å². The molecule has 11 heteroatoms. The van der Waals surface area contributed by atoms with Gasteiger partial charge in [-0.2, -0.15) is 12.7 Å². The van der Waals surface area contributed by atoms with E-state index in [0.717, 1.165) is 20.2 Å². The lowest BCUT2D eigenvalue weighted by molar-refractivity contribution is -0.140. The van der Waals surface area contributed by atoms with Gasteiger partial charge in [0.25, 0.3) is 0 Å². The third kappa shape index (κ3) is 8.76. The van der Waals surface area contributed by atoms with Gasteiger partial charge in [0.1, 0.15) is 18.4 Å². The van der Waals surface area contributed by atoms with Gasteiger partial charge in [0, 0.05) is 37.6 Å². The molecule has 0 spiro atoms. The number of carbonyl (C=O) groups is 2. The number of para-hydroxylation sites is 1. The summed E-state index contributed by atoms with van der Waals surface area (Å²) in [5.74, 6) is -1.91. The van der Waals surface area contributed by atoms with Gasteiger partial charge >= 0.3 is 10.2 Å². The summed E-state index contributed by atoms with van der Waals surface area (Å²) in [6.45, 7) is 4.71. The first-order valence-electron chi connectivity index (χ1n) is 13.0. The van der Waals surface area contributed by atoms with Gasteiger partial charge in [-0.05, 0) is 56.2 Å². The van der Waals surface area contributed by atoms with E-state index in [1.54, 1.807) is 24.3 Å². The Kier molecular flexibility index (Phi) is 10.5. The van der Waals surface area contributed by atoms with Crippen molar-refractivity contribution in [2.75, 3.05) is 24.9 Å². The molecule has 0 bridgehead atoms. The molecule has 41 heavy (non-hydrogen) atoms. The average molecular weight is 603 g/mol. The van der Waals surface area contributed by atoms with Gasteiger partial charge in [-0.25, -0.2) is 8.70 Å². The molecule has 0 aliphatic heterocycles. The summed E-state index contributed by atoms with van der Waals surface area (Å²) >= 11 is 6.23. The Morgan fingerprint density at radius 3 is 2.12 bits per heavy atom. The predicted molar refractivity (Wildman–Crippen MR) is 160 cm³/mol. The largest absolute Gasteiger partial charge is 0.350 e. The standard InChI is InChI=1S/C30H36ClFN4O4S/c1-30(2,3)33-29(38)27(19-22-12-7-6-8-13-22)35(20-23-14-11-15-24(31)18-23)28(37)21-36(41(39,40)34(4)5)26-17-10-9-16-25(26)32/h6-18,27H,19-21H2,1-5H3,(H,33,38)/t27-/m0/s1. The van der Waals surface area contributed by atoms with E-state index in [-0.39, 0.29) is 18.7 Å². The highest BCUT2D eigenvalue weighted by Gasteiger charge is 2.36. The minimum Gasteiger partial charge on any atom is -0.350 e. The van der Waals surface area contributed by atoms with Crippen molar-refractivity contribution < 1.29 is 22.4 Å². The maximum Gasteiger partial charge on any atom is 0.304 e. The Balaban J connectivity index is 2.13. The number of nitrogens with one attached hydrogen (secondary N) is 1. The van der Waals surface area contributed by atoms with E-state index in [9.17, 15) is 22.4 Å². The molecule has 1 atom stereocenters. The van der Waals surface area contributed by atoms with Crippen molar-refractivity contribution in [1.82, 2.24) is 14.5 Å². The number of hydrogen-bond acceptors (Lipinski definition) is 4. The Bertz CT molecular complexity index is 1460. The first-order valence-corrected chi connectivity index (χ1v) is 14.8. The zero-order valence-corrected chi connectivity index (χ0v) is 25.4. The van der Waals surface area contributed by atoms with Crippen molar-refractivity contribution in [3.05, 3.63) is 101 Å². The number of carbonyl (C=O) groups excluding carboxylic acids is 2. The molecule has 0 unspecified atom stereocenters. The van der Waals surface area contributed by atoms with E-state index < -0.39 is 46.0 Å². The van der Waals surface area contributed by atoms with Gasteiger partial charge in [0.2, 0.25) is 11.8 Å². The summed E-state index contributed by atoms with van der Waals surface area (Å²) in [7, 11) is -1.70. The quantitative estimate of drug-likeness (QED) is 0.346. The molecule has 3 aromatic carbocycles. The fourth-order valence-corrected chi connectivity index (χ4v) is 5.47. The molecule has 2 amide bonds. The van der Waals surface area contributed by atoms with Crippen molar-refractivity contribution in [1.29, 1.82) is 0 Å². The summed E-state index contributed by atoms with van der Waals surface area (Å²) in [5, 5.41) is 3.40. The molecule has 0 aliphatic rings. The molecule has 0 saturated carbocycles. The van der Waals surface area contributed by atoms with Crippen LogP contribution in [0.4, 0.5) is 10.1 Å². The molecule has 8 nitrogen and oxygen atoms in total. The summed E-state index contributed by atoms with van der Waals surface area (Å²) < 4.78 is 43.2. The number of halogens is 2. The van der Waals surface area contributed by atoms with Crippen molar-refractivity contribution >= 4 is 39.3 Å². The van der Waals surface area contributed by atoms with E-state index in [1.807, 2.05) is 51.1 Å². The van der Waals surface area contributed by atoms with Gasteiger partial charge < -0.3 is 10.2 Å². The highest BCUT2D eigenvalue weighted by atomic mass is 35.5. The molecule has 1 N–H and O–H groups in total. The maximum absolute atomic E-state index is 14.9. The van der Waals surface area contributed by atoms with E-state index in [2.05, 4.69) is 5.32 Å². The fourth-order valence-electron chi connectivity index (χ4n) is 4.19. The molecule has 0 aliphatic carbocycles. The zero-order valence-electron chi connectivity index (χ0n) is 23.8. The van der Waals surface area contributed by atoms with Crippen LogP contribution in [0.25, 0.3) is 0 Å². The first-order chi connectivity index (χ1) is 19.2. The highest BCUT2D eigenvalue weighted by Crippen LogP contribution is 2.25. The molecule has 0 fully saturated rings. The molecule has 0 saturated heterocycles. The monoisotopic (exact) mass is 602 g/mol. The second-order valence-corrected chi connectivity index (χ2v) is 13.3. The Hall–Kier alpha value is -3.47. The molecule has 3 rings (SSSR count). The van der Waals surface area contributed by atoms with Crippen LogP contribution in [0, 0.1) is 5.82 Å². The zero-order chi connectivity index (χ0) is 30.4. The molecule has 220 valence electrons. The van der Waals surface area contributed by atoms with Gasteiger partial charge in [-0.3, -0.25) is 9.59 Å². The van der Waals surface area contributed by atoms with Crippen molar-refractivity contribution in [3.63, 3.8) is 0 Å². The maximum atomic E-state index is 14.9. The van der Waals surface area contributed by atoms with E-state index in [0.29, 0.717) is 10.6 Å². The predicted octanol–water partition coefficient (Wildman–Crippen LogP) is 4.65. The lowest BCUT2D eigenvalue weighted by Crippen LogP contribution is -2.56. The molecule has 0 aromatic heterocycles. The number of nitrogens with zero attached hydrogens (tertiary/aromatic N) is 3. The van der Waals surface area contributed by atoms with Crippen molar-refractivity contribution in [3.8, 4) is 0 Å². The summed E-state index contributed by atoms with van der Waals surface area (Å²) in [5.41, 5.74) is 0.554. The molecule has 0 heterocycles. The number of benzene rings is 3. The third-order valence-electron chi connectivity index (χ3n) is 6.15. The highest BCUT2D eigenvalue weighted by molar-refractivity contribution is 7.90. The smallest absolute Gasteiger partial charge is 0.304 e. The first kappa shape index (κ1) is 32.0. The van der Waals surface area contributed by atoms with Gasteiger partial charge in [0.15, 0.2) is 0 Å². The molecule has 3 aromatic rings. The topological polar surface area (TPSA) is 90.0 Å². The van der Waals surface area contributed by atoms with Crippen molar-refractivity contribution in [2.45, 2.75) is 45.3 Å². The van der Waals surface area contributed by atoms with Crippen LogP contribution < -0.4 is 9.62 Å². The fraction of sp³-hybridized carbons (Fsp3) is 0.333. The number of anilines is 1. The third-order valence-corrected chi connectivity index (χ3v) is 8.19. The van der Waals surface area contributed by atoms with E-state index >= 15 is 0 Å². The van der Waals surface area contributed by atoms with Crippen LogP contribution in [0.2, 0.25) is 5.02 Å². The Labute approximate surface area is 246 Å². The van der Waals surface area contributed by atoms with Gasteiger partial charge in [0.05, 0.1) is 5.69 Å². The second-order valence-electron chi connectivity index (χ2n) is 10.8. The minimum atomic E-state index is -4.30. The van der Waals surface area contributed by atoms with E-state index in [4.69, 9.17) is 11.6 Å². The number of hydrogen-bond donors (Lipinski definition) is 1. The second kappa shape index (κ2) is 13.5. The normalized spacial score (nSPS) is 12.6. The lowest BCUT2D eigenvalue weighted by Gasteiger charge is -2.35. The van der Waals surface area contributed by atoms with Gasteiger partial charge in [-0.15, -0.1) is 0 Å². The molecular formula is C30H36ClFN4O4S. The average Bonchev–Trinajstić information content (AvgIpc) is 2.89. The van der Waals surface area contributed by atoms with Crippen LogP contribution in [0.3, 0.4) is 0 Å². The van der Waals surface area contributed by atoms with Crippen LogP contribution in [0.15, 0.2) is 78.9 Å². The Morgan fingerprint density at radius 2 is 1.54 bits per heavy atom. The SMILES string of the molecule is CN(C)S(=O)(=O)N(CC(=O)N(Cc1cccc(Cl)c1)[C@@H](Cc1ccccc1)C(=O)NC(C)(C)C)c1ccccc1F. The van der Waals surface area contributed by atoms with Gasteiger partial charge in [-0.1, -0.05) is 66.2 Å².